The van der Waals surface area contributed by atoms with Crippen LogP contribution in [0.1, 0.15) is 18.1 Å². The van der Waals surface area contributed by atoms with Crippen molar-refractivity contribution in [3.63, 3.8) is 0 Å². The second kappa shape index (κ2) is 7.38. The Hall–Kier alpha value is -1.91. The largest absolute Gasteiger partial charge is 0.388 e. The van der Waals surface area contributed by atoms with Crippen LogP contribution < -0.4 is 4.90 Å². The van der Waals surface area contributed by atoms with E-state index in [0.717, 1.165) is 50.5 Å². The van der Waals surface area contributed by atoms with Gasteiger partial charge in [0.1, 0.15) is 5.82 Å². The Labute approximate surface area is 132 Å². The fourth-order valence-corrected chi connectivity index (χ4v) is 2.89. The fraction of sp³-hybridized carbons (Fsp3) is 0.389. The number of benzene rings is 1. The van der Waals surface area contributed by atoms with Crippen LogP contribution in [0.4, 0.5) is 5.82 Å². The molecule has 1 fully saturated rings. The van der Waals surface area contributed by atoms with Crippen LogP contribution in [0.2, 0.25) is 0 Å². The van der Waals surface area contributed by atoms with Crippen LogP contribution in [0.5, 0.6) is 0 Å². The lowest BCUT2D eigenvalue weighted by molar-refractivity contribution is 0.139. The number of piperazine rings is 1. The third-order valence-electron chi connectivity index (χ3n) is 4.25. The lowest BCUT2D eigenvalue weighted by atomic mass is 10.1. The summed E-state index contributed by atoms with van der Waals surface area (Å²) in [6, 6.07) is 16.0. The van der Waals surface area contributed by atoms with Crippen LogP contribution in [-0.4, -0.2) is 47.7 Å². The molecule has 4 heteroatoms. The summed E-state index contributed by atoms with van der Waals surface area (Å²) in [5, 5.41) is 10.2. The number of pyridine rings is 1. The van der Waals surface area contributed by atoms with Gasteiger partial charge < -0.3 is 10.0 Å². The van der Waals surface area contributed by atoms with E-state index in [2.05, 4.69) is 20.9 Å². The van der Waals surface area contributed by atoms with E-state index in [1.165, 1.54) is 0 Å². The molecule has 1 aromatic carbocycles. The molecular weight excluding hydrogens is 274 g/mol. The Bertz CT molecular complexity index is 553. The number of aromatic nitrogens is 1. The number of nitrogens with zero attached hydrogens (tertiary/aromatic N) is 3. The molecule has 0 aliphatic carbocycles. The van der Waals surface area contributed by atoms with Crippen molar-refractivity contribution in [2.24, 2.45) is 0 Å². The molecule has 0 amide bonds. The Balaban J connectivity index is 1.44. The molecule has 0 saturated carbocycles. The van der Waals surface area contributed by atoms with E-state index in [9.17, 15) is 5.11 Å². The summed E-state index contributed by atoms with van der Waals surface area (Å²) in [7, 11) is 0. The molecule has 1 aliphatic heterocycles. The molecule has 4 nitrogen and oxygen atoms in total. The van der Waals surface area contributed by atoms with Crippen LogP contribution in [0.3, 0.4) is 0 Å². The van der Waals surface area contributed by atoms with Gasteiger partial charge >= 0.3 is 0 Å². The zero-order valence-electron chi connectivity index (χ0n) is 12.8. The quantitative estimate of drug-likeness (QED) is 0.919. The van der Waals surface area contributed by atoms with Crippen molar-refractivity contribution in [2.75, 3.05) is 37.6 Å². The maximum absolute atomic E-state index is 10.2. The first kappa shape index (κ1) is 15.0. The van der Waals surface area contributed by atoms with Crippen LogP contribution in [-0.2, 0) is 0 Å². The molecule has 1 aromatic heterocycles. The molecule has 0 radical (unpaired) electrons. The molecule has 116 valence electrons. The smallest absolute Gasteiger partial charge is 0.128 e. The van der Waals surface area contributed by atoms with E-state index in [0.29, 0.717) is 0 Å². The Morgan fingerprint density at radius 3 is 2.36 bits per heavy atom. The Morgan fingerprint density at radius 1 is 0.955 bits per heavy atom. The van der Waals surface area contributed by atoms with Gasteiger partial charge in [-0.3, -0.25) is 4.90 Å². The van der Waals surface area contributed by atoms with Crippen LogP contribution in [0.25, 0.3) is 0 Å². The SMILES string of the molecule is O[C@H](CCN1CCN(c2ccccn2)CC1)c1ccccc1. The zero-order chi connectivity index (χ0) is 15.2. The maximum Gasteiger partial charge on any atom is 0.128 e. The lowest BCUT2D eigenvalue weighted by Crippen LogP contribution is -2.47. The molecule has 2 aromatic rings. The standard InChI is InChI=1S/C18H23N3O/c22-17(16-6-2-1-3-7-16)9-11-20-12-14-21(15-13-20)18-8-4-5-10-19-18/h1-8,10,17,22H,9,11-15H2/t17-/m1/s1. The molecule has 0 unspecified atom stereocenters. The summed E-state index contributed by atoms with van der Waals surface area (Å²) >= 11 is 0. The Morgan fingerprint density at radius 2 is 1.68 bits per heavy atom. The lowest BCUT2D eigenvalue weighted by Gasteiger charge is -2.35. The molecule has 0 bridgehead atoms. The van der Waals surface area contributed by atoms with E-state index in [-0.39, 0.29) is 6.10 Å². The summed E-state index contributed by atoms with van der Waals surface area (Å²) in [6.07, 6.45) is 2.26. The molecule has 1 N–H and O–H groups in total. The second-order valence-corrected chi connectivity index (χ2v) is 5.73. The highest BCUT2D eigenvalue weighted by Gasteiger charge is 2.18. The first-order valence-corrected chi connectivity index (χ1v) is 7.94. The van der Waals surface area contributed by atoms with Gasteiger partial charge in [0.2, 0.25) is 0 Å². The van der Waals surface area contributed by atoms with Crippen molar-refractivity contribution < 1.29 is 5.11 Å². The van der Waals surface area contributed by atoms with Crippen molar-refractivity contribution in [1.29, 1.82) is 0 Å². The highest BCUT2D eigenvalue weighted by Crippen LogP contribution is 2.18. The van der Waals surface area contributed by atoms with E-state index in [1.54, 1.807) is 0 Å². The topological polar surface area (TPSA) is 39.6 Å². The van der Waals surface area contributed by atoms with Gasteiger partial charge in [-0.05, 0) is 24.1 Å². The minimum atomic E-state index is -0.366. The third kappa shape index (κ3) is 3.84. The number of anilines is 1. The number of hydrogen-bond acceptors (Lipinski definition) is 4. The molecule has 22 heavy (non-hydrogen) atoms. The zero-order valence-corrected chi connectivity index (χ0v) is 12.8. The Kier molecular flexibility index (Phi) is 5.03. The average Bonchev–Trinajstić information content (AvgIpc) is 2.61. The van der Waals surface area contributed by atoms with Gasteiger partial charge in [0.25, 0.3) is 0 Å². The van der Waals surface area contributed by atoms with E-state index < -0.39 is 0 Å². The minimum absolute atomic E-state index is 0.366. The summed E-state index contributed by atoms with van der Waals surface area (Å²) in [6.45, 7) is 4.99. The number of rotatable bonds is 5. The van der Waals surface area contributed by atoms with Crippen molar-refractivity contribution >= 4 is 5.82 Å². The molecule has 2 heterocycles. The number of aliphatic hydroxyl groups excluding tert-OH is 1. The third-order valence-corrected chi connectivity index (χ3v) is 4.25. The predicted molar refractivity (Wildman–Crippen MR) is 88.9 cm³/mol. The molecular formula is C18H23N3O. The summed E-state index contributed by atoms with van der Waals surface area (Å²) in [5.41, 5.74) is 1.01. The number of hydrogen-bond donors (Lipinski definition) is 1. The van der Waals surface area contributed by atoms with E-state index in [4.69, 9.17) is 0 Å². The molecule has 1 aliphatic rings. The normalized spacial score (nSPS) is 17.4. The van der Waals surface area contributed by atoms with Gasteiger partial charge in [0.05, 0.1) is 6.10 Å². The minimum Gasteiger partial charge on any atom is -0.388 e. The van der Waals surface area contributed by atoms with Gasteiger partial charge in [-0.1, -0.05) is 36.4 Å². The summed E-state index contributed by atoms with van der Waals surface area (Å²) in [5.74, 6) is 1.06. The van der Waals surface area contributed by atoms with Crippen molar-refractivity contribution in [3.05, 3.63) is 60.3 Å². The van der Waals surface area contributed by atoms with Gasteiger partial charge in [-0.15, -0.1) is 0 Å². The molecule has 0 spiro atoms. The van der Waals surface area contributed by atoms with Crippen molar-refractivity contribution in [3.8, 4) is 0 Å². The molecule has 1 saturated heterocycles. The second-order valence-electron chi connectivity index (χ2n) is 5.73. The van der Waals surface area contributed by atoms with Crippen LogP contribution in [0.15, 0.2) is 54.7 Å². The molecule has 3 rings (SSSR count). The van der Waals surface area contributed by atoms with Gasteiger partial charge in [-0.25, -0.2) is 4.98 Å². The van der Waals surface area contributed by atoms with Gasteiger partial charge in [-0.2, -0.15) is 0 Å². The first-order chi connectivity index (χ1) is 10.8. The van der Waals surface area contributed by atoms with Gasteiger partial charge in [0.15, 0.2) is 0 Å². The van der Waals surface area contributed by atoms with Crippen LogP contribution >= 0.6 is 0 Å². The monoisotopic (exact) mass is 297 g/mol. The summed E-state index contributed by atoms with van der Waals surface area (Å²) < 4.78 is 0. The van der Waals surface area contributed by atoms with Crippen molar-refractivity contribution in [1.82, 2.24) is 9.88 Å². The first-order valence-electron chi connectivity index (χ1n) is 7.94. The predicted octanol–water partition coefficient (Wildman–Crippen LogP) is 2.33. The maximum atomic E-state index is 10.2. The fourth-order valence-electron chi connectivity index (χ4n) is 2.89. The highest BCUT2D eigenvalue weighted by molar-refractivity contribution is 5.38. The van der Waals surface area contributed by atoms with Crippen LogP contribution in [0, 0.1) is 0 Å². The average molecular weight is 297 g/mol. The summed E-state index contributed by atoms with van der Waals surface area (Å²) in [4.78, 5) is 9.15. The van der Waals surface area contributed by atoms with E-state index >= 15 is 0 Å². The van der Waals surface area contributed by atoms with Gasteiger partial charge in [0, 0.05) is 38.9 Å². The number of aliphatic hydroxyl groups is 1. The highest BCUT2D eigenvalue weighted by atomic mass is 16.3. The van der Waals surface area contributed by atoms with Crippen molar-refractivity contribution in [2.45, 2.75) is 12.5 Å². The van der Waals surface area contributed by atoms with E-state index in [1.807, 2.05) is 48.7 Å². The molecule has 1 atom stereocenters.